The van der Waals surface area contributed by atoms with Crippen molar-refractivity contribution in [3.05, 3.63) is 0 Å². The van der Waals surface area contributed by atoms with Crippen LogP contribution in [0.3, 0.4) is 0 Å². The van der Waals surface area contributed by atoms with E-state index in [9.17, 15) is 9.59 Å². The first-order valence-corrected chi connectivity index (χ1v) is 5.35. The van der Waals surface area contributed by atoms with Crippen LogP contribution < -0.4 is 0 Å². The summed E-state index contributed by atoms with van der Waals surface area (Å²) in [6.45, 7) is 1.73. The number of carboxylic acids is 2. The molecule has 0 heterocycles. The lowest BCUT2D eigenvalue weighted by molar-refractivity contribution is -0.143. The molecule has 0 aromatic carbocycles. The number of rotatable bonds is 10. The lowest BCUT2D eigenvalue weighted by Crippen LogP contribution is -2.09. The van der Waals surface area contributed by atoms with Gasteiger partial charge < -0.3 is 29.9 Å². The number of hydrogen-bond donors (Lipinski definition) is 4. The molecular weight excluding hydrogens is 248 g/mol. The van der Waals surface area contributed by atoms with Gasteiger partial charge in [-0.1, -0.05) is 0 Å². The topological polar surface area (TPSA) is 134 Å². The molecular formula is C10H20O8. The third kappa shape index (κ3) is 24.2. The zero-order chi connectivity index (χ0) is 14.2. The first kappa shape index (κ1) is 19.1. The second kappa shape index (κ2) is 15.8. The molecule has 0 rings (SSSR count). The zero-order valence-electron chi connectivity index (χ0n) is 10.1. The molecule has 0 fully saturated rings. The van der Waals surface area contributed by atoms with E-state index in [4.69, 9.17) is 29.9 Å². The van der Waals surface area contributed by atoms with Gasteiger partial charge in [-0.3, -0.25) is 9.59 Å². The minimum atomic E-state index is -1.08. The van der Waals surface area contributed by atoms with Gasteiger partial charge in [0.25, 0.3) is 0 Å². The minimum absolute atomic E-state index is 0.0417. The summed E-state index contributed by atoms with van der Waals surface area (Å²) < 4.78 is 9.75. The van der Waals surface area contributed by atoms with Gasteiger partial charge in [-0.25, -0.2) is 0 Å². The highest BCUT2D eigenvalue weighted by molar-refractivity contribution is 5.75. The molecule has 0 spiro atoms. The summed E-state index contributed by atoms with van der Waals surface area (Å²) >= 11 is 0. The Kier molecular flexibility index (Phi) is 16.8. The molecule has 8 nitrogen and oxygen atoms in total. The van der Waals surface area contributed by atoms with Gasteiger partial charge in [-0.05, 0) is 0 Å². The molecule has 0 aromatic heterocycles. The van der Waals surface area contributed by atoms with Crippen molar-refractivity contribution in [2.24, 2.45) is 0 Å². The maximum atomic E-state index is 9.64. The lowest BCUT2D eigenvalue weighted by atomic mass is 10.3. The van der Waals surface area contributed by atoms with Crippen molar-refractivity contribution < 1.29 is 39.5 Å². The number of carbonyl (C=O) groups is 2. The monoisotopic (exact) mass is 268 g/mol. The van der Waals surface area contributed by atoms with Gasteiger partial charge in [0.15, 0.2) is 0 Å². The van der Waals surface area contributed by atoms with Crippen molar-refractivity contribution in [1.29, 1.82) is 0 Å². The van der Waals surface area contributed by atoms with Crippen molar-refractivity contribution in [3.63, 3.8) is 0 Å². The van der Waals surface area contributed by atoms with E-state index in [1.165, 1.54) is 0 Å². The Morgan fingerprint density at radius 2 is 1.06 bits per heavy atom. The lowest BCUT2D eigenvalue weighted by Gasteiger charge is -2.01. The summed E-state index contributed by atoms with van der Waals surface area (Å²) in [7, 11) is 0. The van der Waals surface area contributed by atoms with Crippen molar-refractivity contribution in [3.8, 4) is 0 Å². The molecule has 0 aromatic rings. The van der Waals surface area contributed by atoms with Crippen LogP contribution in [-0.2, 0) is 19.1 Å². The van der Waals surface area contributed by atoms with E-state index in [1.807, 2.05) is 0 Å². The number of aliphatic hydroxyl groups is 2. The van der Waals surface area contributed by atoms with Crippen LogP contribution in [0, 0.1) is 0 Å². The van der Waals surface area contributed by atoms with E-state index < -0.39 is 11.9 Å². The predicted octanol–water partition coefficient (Wildman–Crippen LogP) is -1.06. The van der Waals surface area contributed by atoms with Crippen LogP contribution in [0.1, 0.15) is 12.8 Å². The zero-order valence-corrected chi connectivity index (χ0v) is 10.1. The second-order valence-electron chi connectivity index (χ2n) is 2.96. The van der Waals surface area contributed by atoms with Crippen molar-refractivity contribution in [2.75, 3.05) is 39.6 Å². The molecule has 0 saturated carbocycles. The number of hydrogen-bond acceptors (Lipinski definition) is 6. The molecule has 0 bridgehead atoms. The Balaban J connectivity index is 0. The number of carboxylic acid groups (broad SMARTS) is 2. The van der Waals surface area contributed by atoms with Gasteiger partial charge in [0.2, 0.25) is 0 Å². The van der Waals surface area contributed by atoms with E-state index in [0.29, 0.717) is 26.4 Å². The third-order valence-electron chi connectivity index (χ3n) is 1.40. The molecule has 18 heavy (non-hydrogen) atoms. The highest BCUT2D eigenvalue weighted by Crippen LogP contribution is 1.86. The molecule has 0 unspecified atom stereocenters. The van der Waals surface area contributed by atoms with Crippen LogP contribution in [0.4, 0.5) is 0 Å². The highest BCUT2D eigenvalue weighted by atomic mass is 16.5. The van der Waals surface area contributed by atoms with E-state index in [0.717, 1.165) is 0 Å². The maximum Gasteiger partial charge on any atom is 0.303 e. The van der Waals surface area contributed by atoms with E-state index >= 15 is 0 Å². The SMILES string of the molecule is O=C(O)CCC(=O)O.OCCOCCOCCO. The summed E-state index contributed by atoms with van der Waals surface area (Å²) in [6, 6.07) is 0. The van der Waals surface area contributed by atoms with Gasteiger partial charge >= 0.3 is 11.9 Å². The minimum Gasteiger partial charge on any atom is -0.481 e. The van der Waals surface area contributed by atoms with Crippen LogP contribution in [0.2, 0.25) is 0 Å². The van der Waals surface area contributed by atoms with Gasteiger partial charge in [-0.2, -0.15) is 0 Å². The molecule has 0 amide bonds. The van der Waals surface area contributed by atoms with Gasteiger partial charge in [-0.15, -0.1) is 0 Å². The fourth-order valence-corrected chi connectivity index (χ4v) is 0.665. The van der Waals surface area contributed by atoms with Crippen LogP contribution >= 0.6 is 0 Å². The van der Waals surface area contributed by atoms with Crippen LogP contribution in [0.15, 0.2) is 0 Å². The van der Waals surface area contributed by atoms with Crippen LogP contribution in [-0.4, -0.2) is 72.0 Å². The Morgan fingerprint density at radius 3 is 1.28 bits per heavy atom. The highest BCUT2D eigenvalue weighted by Gasteiger charge is 2.00. The number of aliphatic carboxylic acids is 2. The smallest absolute Gasteiger partial charge is 0.303 e. The van der Waals surface area contributed by atoms with Gasteiger partial charge in [0, 0.05) is 0 Å². The first-order chi connectivity index (χ1) is 8.54. The molecule has 8 heteroatoms. The molecule has 0 aliphatic carbocycles. The maximum absolute atomic E-state index is 9.64. The molecule has 0 saturated heterocycles. The van der Waals surface area contributed by atoms with E-state index in [2.05, 4.69) is 0 Å². The largest absolute Gasteiger partial charge is 0.481 e. The first-order valence-electron chi connectivity index (χ1n) is 5.35. The Bertz CT molecular complexity index is 184. The summed E-state index contributed by atoms with van der Waals surface area (Å²) in [6.07, 6.45) is -0.593. The van der Waals surface area contributed by atoms with Crippen molar-refractivity contribution in [2.45, 2.75) is 12.8 Å². The van der Waals surface area contributed by atoms with Crippen LogP contribution in [0.25, 0.3) is 0 Å². The van der Waals surface area contributed by atoms with Gasteiger partial charge in [0.1, 0.15) is 0 Å². The fourth-order valence-electron chi connectivity index (χ4n) is 0.665. The molecule has 0 aliphatic heterocycles. The summed E-state index contributed by atoms with van der Waals surface area (Å²) in [5, 5.41) is 32.3. The summed E-state index contributed by atoms with van der Waals surface area (Å²) in [4.78, 5) is 19.3. The van der Waals surface area contributed by atoms with Crippen LogP contribution in [0.5, 0.6) is 0 Å². The standard InChI is InChI=1S/C6H14O4.C4H6O4/c7-1-3-9-5-6-10-4-2-8;5-3(6)1-2-4(7)8/h7-8H,1-6H2;1-2H2,(H,5,6)(H,7,8). The van der Waals surface area contributed by atoms with Gasteiger partial charge in [0.05, 0.1) is 52.5 Å². The molecule has 108 valence electrons. The van der Waals surface area contributed by atoms with E-state index in [1.54, 1.807) is 0 Å². The van der Waals surface area contributed by atoms with Crippen molar-refractivity contribution in [1.82, 2.24) is 0 Å². The number of ether oxygens (including phenoxy) is 2. The molecule has 4 N–H and O–H groups in total. The summed E-state index contributed by atoms with van der Waals surface area (Å²) in [5.74, 6) is -2.15. The van der Waals surface area contributed by atoms with Crippen molar-refractivity contribution >= 4 is 11.9 Å². The Hall–Kier alpha value is -1.22. The predicted molar refractivity (Wildman–Crippen MR) is 60.3 cm³/mol. The second-order valence-corrected chi connectivity index (χ2v) is 2.96. The molecule has 0 atom stereocenters. The van der Waals surface area contributed by atoms with E-state index in [-0.39, 0.29) is 26.1 Å². The quantitative estimate of drug-likeness (QED) is 0.368. The Morgan fingerprint density at radius 1 is 0.722 bits per heavy atom. The summed E-state index contributed by atoms with van der Waals surface area (Å²) in [5.41, 5.74) is 0. The normalized spacial score (nSPS) is 9.44. The Labute approximate surface area is 105 Å². The average Bonchev–Trinajstić information content (AvgIpc) is 2.32. The molecule has 0 aliphatic rings. The molecule has 0 radical (unpaired) electrons. The average molecular weight is 268 g/mol. The fraction of sp³-hybridized carbons (Fsp3) is 0.800. The third-order valence-corrected chi connectivity index (χ3v) is 1.40. The number of aliphatic hydroxyl groups excluding tert-OH is 2.